The Morgan fingerprint density at radius 3 is 2.97 bits per heavy atom. The van der Waals surface area contributed by atoms with E-state index in [9.17, 15) is 0 Å². The molecule has 0 bridgehead atoms. The summed E-state index contributed by atoms with van der Waals surface area (Å²) in [6.45, 7) is 9.89. The lowest BCUT2D eigenvalue weighted by molar-refractivity contribution is 0.669. The fourth-order valence-electron chi connectivity index (χ4n) is 4.47. The Morgan fingerprint density at radius 1 is 1.27 bits per heavy atom. The molecule has 3 aromatic rings. The average molecular weight is 405 g/mol. The quantitative estimate of drug-likeness (QED) is 0.547. The maximum absolute atomic E-state index is 5.99. The number of nitrogens with zero attached hydrogens (tertiary/aromatic N) is 4. The van der Waals surface area contributed by atoms with Crippen molar-refractivity contribution < 1.29 is 0 Å². The van der Waals surface area contributed by atoms with Gasteiger partial charge in [0, 0.05) is 24.8 Å². The number of fused-ring (bicyclic) bond motifs is 1. The molecule has 1 atom stereocenters. The van der Waals surface area contributed by atoms with Gasteiger partial charge in [-0.15, -0.1) is 5.10 Å². The number of nitrogens with two attached hydrogens (primary N) is 1. The molecule has 0 saturated carbocycles. The number of benzene rings is 1. The summed E-state index contributed by atoms with van der Waals surface area (Å²) in [5, 5.41) is 7.53. The van der Waals surface area contributed by atoms with Gasteiger partial charge in [0.1, 0.15) is 5.82 Å². The highest BCUT2D eigenvalue weighted by Crippen LogP contribution is 2.38. The Kier molecular flexibility index (Phi) is 5.93. The van der Waals surface area contributed by atoms with Crippen molar-refractivity contribution in [2.75, 3.05) is 23.7 Å². The first kappa shape index (κ1) is 20.3. The SMILES string of the molecule is C=CNCCCCc1ccc(C)cc1C1CCCN1c1ccn2nc(N)c(C)c2n1. The molecule has 3 heterocycles. The van der Waals surface area contributed by atoms with Crippen molar-refractivity contribution in [2.24, 2.45) is 0 Å². The minimum absolute atomic E-state index is 0.363. The van der Waals surface area contributed by atoms with Crippen LogP contribution in [0.5, 0.6) is 0 Å². The standard InChI is InChI=1S/C24H32N6/c1-4-26-13-6-5-8-19-11-10-17(2)16-20(19)21-9-7-14-29(21)22-12-15-30-24(27-22)18(3)23(25)28-30/h4,10-12,15-16,21,26H,1,5-9,13-14H2,2-3H3,(H2,25,28). The van der Waals surface area contributed by atoms with Gasteiger partial charge in [-0.2, -0.15) is 0 Å². The summed E-state index contributed by atoms with van der Waals surface area (Å²) in [6.07, 6.45) is 9.49. The van der Waals surface area contributed by atoms with Crippen LogP contribution in [0.1, 0.15) is 54.0 Å². The molecule has 0 spiro atoms. The maximum Gasteiger partial charge on any atom is 0.162 e. The van der Waals surface area contributed by atoms with Crippen molar-refractivity contribution in [3.8, 4) is 0 Å². The van der Waals surface area contributed by atoms with Crippen molar-refractivity contribution in [1.82, 2.24) is 19.9 Å². The number of hydrogen-bond donors (Lipinski definition) is 2. The summed E-state index contributed by atoms with van der Waals surface area (Å²) in [5.41, 5.74) is 12.0. The zero-order valence-electron chi connectivity index (χ0n) is 18.1. The van der Waals surface area contributed by atoms with Gasteiger partial charge in [0.15, 0.2) is 11.5 Å². The van der Waals surface area contributed by atoms with Crippen LogP contribution >= 0.6 is 0 Å². The third-order valence-corrected chi connectivity index (χ3v) is 6.11. The van der Waals surface area contributed by atoms with Gasteiger partial charge in [0.2, 0.25) is 0 Å². The Balaban J connectivity index is 1.61. The summed E-state index contributed by atoms with van der Waals surface area (Å²) in [6, 6.07) is 9.36. The number of anilines is 2. The van der Waals surface area contributed by atoms with Crippen LogP contribution in [-0.2, 0) is 6.42 Å². The number of nitrogens with one attached hydrogen (secondary N) is 1. The van der Waals surface area contributed by atoms with Crippen molar-refractivity contribution in [3.05, 3.63) is 65.5 Å². The molecule has 3 N–H and O–H groups in total. The minimum atomic E-state index is 0.363. The third kappa shape index (κ3) is 3.99. The van der Waals surface area contributed by atoms with Crippen molar-refractivity contribution in [2.45, 2.75) is 52.0 Å². The Bertz CT molecular complexity index is 1040. The lowest BCUT2D eigenvalue weighted by Crippen LogP contribution is -2.24. The molecule has 6 heteroatoms. The molecule has 30 heavy (non-hydrogen) atoms. The van der Waals surface area contributed by atoms with E-state index in [1.54, 1.807) is 10.7 Å². The molecule has 1 saturated heterocycles. The van der Waals surface area contributed by atoms with Crippen LogP contribution in [0.4, 0.5) is 11.6 Å². The van der Waals surface area contributed by atoms with Crippen LogP contribution < -0.4 is 16.0 Å². The zero-order chi connectivity index (χ0) is 21.1. The molecule has 0 amide bonds. The number of hydrogen-bond acceptors (Lipinski definition) is 5. The van der Waals surface area contributed by atoms with Gasteiger partial charge in [-0.25, -0.2) is 9.50 Å². The summed E-state index contributed by atoms with van der Waals surface area (Å²) < 4.78 is 1.77. The molecule has 1 fully saturated rings. The Labute approximate surface area is 178 Å². The first-order valence-electron chi connectivity index (χ1n) is 10.9. The molecule has 1 aromatic carbocycles. The largest absolute Gasteiger partial charge is 0.391 e. The number of rotatable bonds is 8. The van der Waals surface area contributed by atoms with Crippen molar-refractivity contribution >= 4 is 17.3 Å². The van der Waals surface area contributed by atoms with E-state index < -0.39 is 0 Å². The highest BCUT2D eigenvalue weighted by atomic mass is 15.3. The second-order valence-electron chi connectivity index (χ2n) is 8.23. The lowest BCUT2D eigenvalue weighted by atomic mass is 9.93. The molecular formula is C24H32N6. The zero-order valence-corrected chi connectivity index (χ0v) is 18.1. The number of aromatic nitrogens is 3. The van der Waals surface area contributed by atoms with Crippen LogP contribution in [0.2, 0.25) is 0 Å². The molecule has 0 aliphatic carbocycles. The van der Waals surface area contributed by atoms with E-state index in [4.69, 9.17) is 10.7 Å². The summed E-state index contributed by atoms with van der Waals surface area (Å²) in [5.74, 6) is 1.56. The van der Waals surface area contributed by atoms with E-state index in [0.717, 1.165) is 49.4 Å². The van der Waals surface area contributed by atoms with Gasteiger partial charge in [0.25, 0.3) is 0 Å². The van der Waals surface area contributed by atoms with Crippen LogP contribution in [0.3, 0.4) is 0 Å². The second kappa shape index (κ2) is 8.78. The number of unbranched alkanes of at least 4 members (excludes halogenated alkanes) is 1. The fraction of sp³-hybridized carbons (Fsp3) is 0.417. The molecule has 4 rings (SSSR count). The average Bonchev–Trinajstić information content (AvgIpc) is 3.33. The highest BCUT2D eigenvalue weighted by molar-refractivity contribution is 5.61. The van der Waals surface area contributed by atoms with E-state index in [0.29, 0.717) is 11.9 Å². The molecule has 1 unspecified atom stereocenters. The first-order valence-corrected chi connectivity index (χ1v) is 10.9. The van der Waals surface area contributed by atoms with Crippen molar-refractivity contribution in [1.29, 1.82) is 0 Å². The molecule has 1 aliphatic rings. The predicted molar refractivity (Wildman–Crippen MR) is 124 cm³/mol. The lowest BCUT2D eigenvalue weighted by Gasteiger charge is -2.28. The molecule has 1 aliphatic heterocycles. The summed E-state index contributed by atoms with van der Waals surface area (Å²) >= 11 is 0. The smallest absolute Gasteiger partial charge is 0.162 e. The normalized spacial score (nSPS) is 16.3. The maximum atomic E-state index is 5.99. The van der Waals surface area contributed by atoms with Crippen molar-refractivity contribution in [3.63, 3.8) is 0 Å². The van der Waals surface area contributed by atoms with E-state index in [1.807, 2.05) is 13.1 Å². The number of aryl methyl sites for hydroxylation is 3. The topological polar surface area (TPSA) is 71.5 Å². The third-order valence-electron chi connectivity index (χ3n) is 6.11. The van der Waals surface area contributed by atoms with Gasteiger partial charge in [0.05, 0.1) is 6.04 Å². The first-order chi connectivity index (χ1) is 14.6. The monoisotopic (exact) mass is 404 g/mol. The van der Waals surface area contributed by atoms with E-state index in [2.05, 4.69) is 53.1 Å². The van der Waals surface area contributed by atoms with Crippen LogP contribution in [0.25, 0.3) is 5.65 Å². The summed E-state index contributed by atoms with van der Waals surface area (Å²) in [7, 11) is 0. The van der Waals surface area contributed by atoms with Gasteiger partial charge >= 0.3 is 0 Å². The Hall–Kier alpha value is -3.02. The van der Waals surface area contributed by atoms with E-state index in [1.165, 1.54) is 29.5 Å². The van der Waals surface area contributed by atoms with Crippen LogP contribution in [-0.4, -0.2) is 27.7 Å². The minimum Gasteiger partial charge on any atom is -0.391 e. The van der Waals surface area contributed by atoms with E-state index in [-0.39, 0.29) is 0 Å². The van der Waals surface area contributed by atoms with Crippen LogP contribution in [0, 0.1) is 13.8 Å². The number of nitrogen functional groups attached to an aromatic ring is 1. The van der Waals surface area contributed by atoms with Gasteiger partial charge in [-0.3, -0.25) is 0 Å². The fourth-order valence-corrected chi connectivity index (χ4v) is 4.47. The molecule has 0 radical (unpaired) electrons. The molecule has 2 aromatic heterocycles. The van der Waals surface area contributed by atoms with E-state index >= 15 is 0 Å². The predicted octanol–water partition coefficient (Wildman–Crippen LogP) is 4.33. The summed E-state index contributed by atoms with van der Waals surface area (Å²) in [4.78, 5) is 7.39. The molecular weight excluding hydrogens is 372 g/mol. The molecule has 6 nitrogen and oxygen atoms in total. The Morgan fingerprint density at radius 2 is 2.13 bits per heavy atom. The second-order valence-corrected chi connectivity index (χ2v) is 8.23. The highest BCUT2D eigenvalue weighted by Gasteiger charge is 2.29. The molecule has 158 valence electrons. The van der Waals surface area contributed by atoms with Gasteiger partial charge in [-0.1, -0.05) is 30.3 Å². The van der Waals surface area contributed by atoms with Gasteiger partial charge in [-0.05, 0) is 69.3 Å². The van der Waals surface area contributed by atoms with Gasteiger partial charge < -0.3 is 16.0 Å². The van der Waals surface area contributed by atoms with Crippen LogP contribution in [0.15, 0.2) is 43.2 Å².